The van der Waals surface area contributed by atoms with E-state index in [0.717, 1.165) is 22.1 Å². The van der Waals surface area contributed by atoms with Crippen LogP contribution in [0.5, 0.6) is 11.5 Å². The summed E-state index contributed by atoms with van der Waals surface area (Å²) in [5, 5.41) is 0. The van der Waals surface area contributed by atoms with Crippen LogP contribution in [0.4, 0.5) is 0 Å². The van der Waals surface area contributed by atoms with Crippen LogP contribution in [0.1, 0.15) is 15.9 Å². The number of benzene rings is 2. The van der Waals surface area contributed by atoms with Gasteiger partial charge in [-0.1, -0.05) is 33.8 Å². The molecule has 2 rings (SSSR count). The summed E-state index contributed by atoms with van der Waals surface area (Å²) in [6.45, 7) is 0.208. The van der Waals surface area contributed by atoms with Gasteiger partial charge in [0, 0.05) is 10.0 Å². The number of carbonyl (C=O) groups excluding carboxylic acids is 1. The summed E-state index contributed by atoms with van der Waals surface area (Å²) in [6, 6.07) is 12.7. The lowest BCUT2D eigenvalue weighted by Gasteiger charge is -2.05. The van der Waals surface area contributed by atoms with Crippen LogP contribution < -0.4 is 9.47 Å². The van der Waals surface area contributed by atoms with E-state index in [-0.39, 0.29) is 6.61 Å². The average molecular weight is 345 g/mol. The van der Waals surface area contributed by atoms with Crippen LogP contribution in [0.25, 0.3) is 0 Å². The molecule has 4 heteroatoms. The smallest absolute Gasteiger partial charge is 0.153 e. The molecule has 0 aromatic heterocycles. The highest BCUT2D eigenvalue weighted by atomic mass is 79.9. The van der Waals surface area contributed by atoms with Crippen molar-refractivity contribution in [3.05, 3.63) is 58.1 Å². The first-order chi connectivity index (χ1) is 10.2. The van der Waals surface area contributed by atoms with Gasteiger partial charge in [0.15, 0.2) is 6.29 Å². The van der Waals surface area contributed by atoms with Crippen molar-refractivity contribution in [2.24, 2.45) is 0 Å². The second-order valence-corrected chi connectivity index (χ2v) is 5.04. The molecule has 21 heavy (non-hydrogen) atoms. The molecule has 0 aliphatic rings. The molecule has 0 aliphatic heterocycles. The molecule has 0 saturated heterocycles. The van der Waals surface area contributed by atoms with E-state index in [1.165, 1.54) is 0 Å². The van der Waals surface area contributed by atoms with E-state index in [9.17, 15) is 4.79 Å². The van der Waals surface area contributed by atoms with Gasteiger partial charge in [0.25, 0.3) is 0 Å². The maximum atomic E-state index is 11.0. The molecule has 0 fully saturated rings. The molecular weight excluding hydrogens is 332 g/mol. The second kappa shape index (κ2) is 7.51. The molecule has 2 aromatic rings. The maximum Gasteiger partial charge on any atom is 0.153 e. The largest absolute Gasteiger partial charge is 0.497 e. The average Bonchev–Trinajstić information content (AvgIpc) is 2.52. The van der Waals surface area contributed by atoms with Gasteiger partial charge < -0.3 is 9.47 Å². The molecule has 0 N–H and O–H groups in total. The van der Waals surface area contributed by atoms with Crippen molar-refractivity contribution in [2.45, 2.75) is 0 Å². The van der Waals surface area contributed by atoms with Gasteiger partial charge in [-0.05, 0) is 36.4 Å². The quantitative estimate of drug-likeness (QED) is 0.626. The summed E-state index contributed by atoms with van der Waals surface area (Å²) >= 11 is 3.31. The first-order valence-corrected chi connectivity index (χ1v) is 7.02. The Morgan fingerprint density at radius 3 is 2.86 bits per heavy atom. The summed E-state index contributed by atoms with van der Waals surface area (Å²) < 4.78 is 11.5. The minimum absolute atomic E-state index is 0.208. The zero-order valence-electron chi connectivity index (χ0n) is 11.4. The van der Waals surface area contributed by atoms with Crippen molar-refractivity contribution in [1.29, 1.82) is 0 Å². The summed E-state index contributed by atoms with van der Waals surface area (Å²) in [5.74, 6) is 7.18. The fraction of sp³-hybridized carbons (Fsp3) is 0.118. The minimum Gasteiger partial charge on any atom is -0.497 e. The van der Waals surface area contributed by atoms with E-state index >= 15 is 0 Å². The standard InChI is InChI=1S/C17H13BrO3/c1-20-16-6-2-4-13(10-16)5-3-9-21-17-8-7-15(18)11-14(17)12-19/h2,4,6-8,10-12H,9H2,1H3. The predicted octanol–water partition coefficient (Wildman–Crippen LogP) is 3.70. The fourth-order valence-corrected chi connectivity index (χ4v) is 2.07. The predicted molar refractivity (Wildman–Crippen MR) is 84.9 cm³/mol. The molecule has 0 spiro atoms. The number of rotatable bonds is 4. The third-order valence-corrected chi connectivity index (χ3v) is 3.19. The lowest BCUT2D eigenvalue weighted by molar-refractivity contribution is 0.112. The number of methoxy groups -OCH3 is 1. The molecule has 0 heterocycles. The van der Waals surface area contributed by atoms with Gasteiger partial charge >= 0.3 is 0 Å². The number of hydrogen-bond acceptors (Lipinski definition) is 3. The van der Waals surface area contributed by atoms with E-state index in [1.54, 1.807) is 19.2 Å². The van der Waals surface area contributed by atoms with E-state index in [0.29, 0.717) is 11.3 Å². The van der Waals surface area contributed by atoms with E-state index in [1.807, 2.05) is 30.3 Å². The first-order valence-electron chi connectivity index (χ1n) is 6.23. The van der Waals surface area contributed by atoms with Crippen molar-refractivity contribution >= 4 is 22.2 Å². The summed E-state index contributed by atoms with van der Waals surface area (Å²) in [6.07, 6.45) is 0.760. The SMILES string of the molecule is COc1cccc(C#CCOc2ccc(Br)cc2C=O)c1. The zero-order valence-corrected chi connectivity index (χ0v) is 13.0. The Kier molecular flexibility index (Phi) is 5.42. The van der Waals surface area contributed by atoms with Crippen molar-refractivity contribution in [3.8, 4) is 23.3 Å². The van der Waals surface area contributed by atoms with E-state index < -0.39 is 0 Å². The Labute approximate surface area is 132 Å². The molecule has 2 aromatic carbocycles. The summed E-state index contributed by atoms with van der Waals surface area (Å²) in [4.78, 5) is 11.0. The highest BCUT2D eigenvalue weighted by Crippen LogP contribution is 2.21. The third kappa shape index (κ3) is 4.37. The van der Waals surface area contributed by atoms with Gasteiger partial charge in [-0.2, -0.15) is 0 Å². The molecule has 0 amide bonds. The van der Waals surface area contributed by atoms with Gasteiger partial charge in [0.2, 0.25) is 0 Å². The van der Waals surface area contributed by atoms with Gasteiger partial charge in [0.1, 0.15) is 18.1 Å². The Morgan fingerprint density at radius 2 is 2.10 bits per heavy atom. The third-order valence-electron chi connectivity index (χ3n) is 2.70. The van der Waals surface area contributed by atoms with Gasteiger partial charge in [0.05, 0.1) is 12.7 Å². The van der Waals surface area contributed by atoms with Crippen LogP contribution in [0, 0.1) is 11.8 Å². The molecule has 0 atom stereocenters. The van der Waals surface area contributed by atoms with E-state index in [4.69, 9.17) is 9.47 Å². The summed E-state index contributed by atoms with van der Waals surface area (Å²) in [5.41, 5.74) is 1.34. The molecule has 0 unspecified atom stereocenters. The van der Waals surface area contributed by atoms with Crippen molar-refractivity contribution in [1.82, 2.24) is 0 Å². The number of hydrogen-bond donors (Lipinski definition) is 0. The topological polar surface area (TPSA) is 35.5 Å². The minimum atomic E-state index is 0.208. The normalized spacial score (nSPS) is 9.43. The highest BCUT2D eigenvalue weighted by molar-refractivity contribution is 9.10. The number of carbonyl (C=O) groups is 1. The number of ether oxygens (including phenoxy) is 2. The van der Waals surface area contributed by atoms with E-state index in [2.05, 4.69) is 27.8 Å². The molecule has 0 bridgehead atoms. The molecule has 0 saturated carbocycles. The fourth-order valence-electron chi connectivity index (χ4n) is 1.70. The van der Waals surface area contributed by atoms with Crippen molar-refractivity contribution in [3.63, 3.8) is 0 Å². The van der Waals surface area contributed by atoms with Crippen LogP contribution in [0.2, 0.25) is 0 Å². The van der Waals surface area contributed by atoms with Crippen LogP contribution in [0.15, 0.2) is 46.9 Å². The Hall–Kier alpha value is -2.25. The lowest BCUT2D eigenvalue weighted by Crippen LogP contribution is -1.97. The van der Waals surface area contributed by atoms with Gasteiger partial charge in [-0.15, -0.1) is 0 Å². The Morgan fingerprint density at radius 1 is 1.24 bits per heavy atom. The van der Waals surface area contributed by atoms with Crippen LogP contribution in [0.3, 0.4) is 0 Å². The van der Waals surface area contributed by atoms with Crippen molar-refractivity contribution in [2.75, 3.05) is 13.7 Å². The molecular formula is C17H13BrO3. The van der Waals surface area contributed by atoms with Crippen LogP contribution in [-0.2, 0) is 0 Å². The Bertz CT molecular complexity index is 699. The van der Waals surface area contributed by atoms with Crippen LogP contribution >= 0.6 is 15.9 Å². The van der Waals surface area contributed by atoms with Crippen molar-refractivity contribution < 1.29 is 14.3 Å². The molecule has 106 valence electrons. The lowest BCUT2D eigenvalue weighted by atomic mass is 10.2. The first kappa shape index (κ1) is 15.1. The zero-order chi connectivity index (χ0) is 15.1. The van der Waals surface area contributed by atoms with Gasteiger partial charge in [-0.3, -0.25) is 4.79 Å². The highest BCUT2D eigenvalue weighted by Gasteiger charge is 2.02. The molecule has 3 nitrogen and oxygen atoms in total. The number of halogens is 1. The monoisotopic (exact) mass is 344 g/mol. The maximum absolute atomic E-state index is 11.0. The van der Waals surface area contributed by atoms with Gasteiger partial charge in [-0.25, -0.2) is 0 Å². The Balaban J connectivity index is 2.02. The molecule has 0 radical (unpaired) electrons. The summed E-state index contributed by atoms with van der Waals surface area (Å²) in [7, 11) is 1.62. The number of aldehydes is 1. The molecule has 0 aliphatic carbocycles. The second-order valence-electron chi connectivity index (χ2n) is 4.12. The van der Waals surface area contributed by atoms with Crippen LogP contribution in [-0.4, -0.2) is 20.0 Å².